The average Bonchev–Trinajstić information content (AvgIpc) is 1.99. The number of fused-ring (bicyclic) bond motifs is 2. The highest BCUT2D eigenvalue weighted by molar-refractivity contribution is 4.91. The van der Waals surface area contributed by atoms with Gasteiger partial charge >= 0.3 is 0 Å². The third-order valence-corrected chi connectivity index (χ3v) is 2.77. The minimum Gasteiger partial charge on any atom is -0.378 e. The third-order valence-electron chi connectivity index (χ3n) is 2.77. The lowest BCUT2D eigenvalue weighted by molar-refractivity contribution is -0.141. The van der Waals surface area contributed by atoms with Gasteiger partial charge < -0.3 is 15.2 Å². The van der Waals surface area contributed by atoms with Crippen LogP contribution in [0.2, 0.25) is 0 Å². The fraction of sp³-hybridized carbons (Fsp3) is 1.00. The minimum absolute atomic E-state index is 0.134. The van der Waals surface area contributed by atoms with Gasteiger partial charge in [-0.25, -0.2) is 0 Å². The first-order valence-corrected chi connectivity index (χ1v) is 5.26. The van der Waals surface area contributed by atoms with E-state index in [9.17, 15) is 0 Å². The highest BCUT2D eigenvalue weighted by Crippen LogP contribution is 2.20. The monoisotopic (exact) mass is 200 g/mol. The van der Waals surface area contributed by atoms with Gasteiger partial charge in [-0.05, 0) is 13.8 Å². The highest BCUT2D eigenvalue weighted by Gasteiger charge is 2.37. The van der Waals surface area contributed by atoms with Gasteiger partial charge in [0.15, 0.2) is 0 Å². The zero-order valence-electron chi connectivity index (χ0n) is 9.03. The number of hydrogen-bond acceptors (Lipinski definition) is 4. The Kier molecular flexibility index (Phi) is 2.79. The molecule has 4 nitrogen and oxygen atoms in total. The predicted octanol–water partition coefficient (Wildman–Crippen LogP) is -0.177. The first-order valence-electron chi connectivity index (χ1n) is 5.26. The van der Waals surface area contributed by atoms with Crippen molar-refractivity contribution in [2.45, 2.75) is 31.5 Å². The molecule has 2 aliphatic heterocycles. The maximum absolute atomic E-state index is 6.05. The number of hydrogen-bond donors (Lipinski definition) is 1. The Hall–Kier alpha value is -0.160. The fourth-order valence-corrected chi connectivity index (χ4v) is 2.19. The second-order valence-corrected chi connectivity index (χ2v) is 5.04. The van der Waals surface area contributed by atoms with Crippen LogP contribution in [0.15, 0.2) is 0 Å². The van der Waals surface area contributed by atoms with Gasteiger partial charge in [0.2, 0.25) is 0 Å². The Morgan fingerprint density at radius 3 is 1.93 bits per heavy atom. The highest BCUT2D eigenvalue weighted by atomic mass is 16.5. The molecule has 0 unspecified atom stereocenters. The molecule has 0 radical (unpaired) electrons. The first kappa shape index (κ1) is 10.4. The summed E-state index contributed by atoms with van der Waals surface area (Å²) in [5.74, 6) is 0. The predicted molar refractivity (Wildman–Crippen MR) is 54.2 cm³/mol. The molecule has 82 valence electrons. The average molecular weight is 200 g/mol. The summed E-state index contributed by atoms with van der Waals surface area (Å²) < 4.78 is 11.0. The van der Waals surface area contributed by atoms with Crippen LogP contribution in [0.4, 0.5) is 0 Å². The largest absolute Gasteiger partial charge is 0.378 e. The van der Waals surface area contributed by atoms with Crippen LogP contribution in [0.3, 0.4) is 0 Å². The molecule has 0 aromatic rings. The molecule has 0 spiro atoms. The van der Waals surface area contributed by atoms with E-state index in [0.717, 1.165) is 33.0 Å². The quantitative estimate of drug-likeness (QED) is 0.672. The summed E-state index contributed by atoms with van der Waals surface area (Å²) in [5.41, 5.74) is 5.91. The standard InChI is InChI=1S/C10H20N2O2/c1-10(2,11)7-12-8-3-13-5-9(12)6-14-4-8/h8-9H,3-7,11H2,1-2H3. The van der Waals surface area contributed by atoms with Gasteiger partial charge in [0.25, 0.3) is 0 Å². The first-order chi connectivity index (χ1) is 6.56. The topological polar surface area (TPSA) is 47.7 Å². The van der Waals surface area contributed by atoms with Crippen LogP contribution < -0.4 is 5.73 Å². The van der Waals surface area contributed by atoms with E-state index >= 15 is 0 Å². The van der Waals surface area contributed by atoms with E-state index in [1.807, 2.05) is 0 Å². The molecule has 0 amide bonds. The third kappa shape index (κ3) is 2.25. The fourth-order valence-electron chi connectivity index (χ4n) is 2.19. The normalized spacial score (nSPS) is 34.5. The molecule has 0 aliphatic carbocycles. The van der Waals surface area contributed by atoms with Crippen LogP contribution in [0.1, 0.15) is 13.8 Å². The Balaban J connectivity index is 2.01. The molecule has 2 N–H and O–H groups in total. The summed E-state index contributed by atoms with van der Waals surface area (Å²) in [5, 5.41) is 0. The second-order valence-electron chi connectivity index (χ2n) is 5.04. The summed E-state index contributed by atoms with van der Waals surface area (Å²) in [4.78, 5) is 2.45. The van der Waals surface area contributed by atoms with Crippen molar-refractivity contribution in [2.75, 3.05) is 33.0 Å². The number of rotatable bonds is 2. The zero-order valence-corrected chi connectivity index (χ0v) is 9.03. The summed E-state index contributed by atoms with van der Waals surface area (Å²) in [7, 11) is 0. The van der Waals surface area contributed by atoms with Gasteiger partial charge in [-0.3, -0.25) is 4.90 Å². The Morgan fingerprint density at radius 2 is 1.57 bits per heavy atom. The van der Waals surface area contributed by atoms with Gasteiger partial charge in [0, 0.05) is 12.1 Å². The number of nitrogens with zero attached hydrogens (tertiary/aromatic N) is 1. The summed E-state index contributed by atoms with van der Waals surface area (Å²) >= 11 is 0. The van der Waals surface area contributed by atoms with Crippen LogP contribution in [0.5, 0.6) is 0 Å². The molecule has 0 aromatic heterocycles. The van der Waals surface area contributed by atoms with E-state index in [1.54, 1.807) is 0 Å². The van der Waals surface area contributed by atoms with Gasteiger partial charge in [-0.2, -0.15) is 0 Å². The van der Waals surface area contributed by atoms with Crippen molar-refractivity contribution in [1.29, 1.82) is 0 Å². The molecule has 0 atom stereocenters. The molecule has 2 bridgehead atoms. The van der Waals surface area contributed by atoms with Crippen molar-refractivity contribution in [3.8, 4) is 0 Å². The van der Waals surface area contributed by atoms with Crippen LogP contribution in [0, 0.1) is 0 Å². The van der Waals surface area contributed by atoms with E-state index in [0.29, 0.717) is 12.1 Å². The van der Waals surface area contributed by atoms with Gasteiger partial charge in [0.1, 0.15) is 0 Å². The van der Waals surface area contributed by atoms with E-state index < -0.39 is 0 Å². The molecule has 0 aromatic carbocycles. The molecule has 2 heterocycles. The maximum atomic E-state index is 6.05. The van der Waals surface area contributed by atoms with Crippen LogP contribution in [-0.2, 0) is 9.47 Å². The van der Waals surface area contributed by atoms with Crippen molar-refractivity contribution in [3.05, 3.63) is 0 Å². The lowest BCUT2D eigenvalue weighted by Crippen LogP contribution is -2.63. The van der Waals surface area contributed by atoms with Crippen molar-refractivity contribution in [3.63, 3.8) is 0 Å². The van der Waals surface area contributed by atoms with Crippen molar-refractivity contribution in [2.24, 2.45) is 5.73 Å². The number of nitrogens with two attached hydrogens (primary N) is 1. The molecule has 2 fully saturated rings. The van der Waals surface area contributed by atoms with E-state index in [2.05, 4.69) is 18.7 Å². The van der Waals surface area contributed by atoms with Gasteiger partial charge in [-0.1, -0.05) is 0 Å². The number of ether oxygens (including phenoxy) is 2. The van der Waals surface area contributed by atoms with Gasteiger partial charge in [0.05, 0.1) is 38.5 Å². The Morgan fingerprint density at radius 1 is 1.14 bits per heavy atom. The SMILES string of the molecule is CC(C)(N)CN1C2COCC1COC2. The van der Waals surface area contributed by atoms with Crippen LogP contribution in [0.25, 0.3) is 0 Å². The summed E-state index contributed by atoms with van der Waals surface area (Å²) in [6, 6.07) is 0.815. The van der Waals surface area contributed by atoms with E-state index in [-0.39, 0.29) is 5.54 Å². The van der Waals surface area contributed by atoms with Crippen molar-refractivity contribution >= 4 is 0 Å². The van der Waals surface area contributed by atoms with E-state index in [1.165, 1.54) is 0 Å². The minimum atomic E-state index is -0.134. The second kappa shape index (κ2) is 3.77. The molecular formula is C10H20N2O2. The van der Waals surface area contributed by atoms with Crippen molar-refractivity contribution in [1.82, 2.24) is 4.90 Å². The van der Waals surface area contributed by atoms with Crippen molar-refractivity contribution < 1.29 is 9.47 Å². The lowest BCUT2D eigenvalue weighted by Gasteiger charge is -2.47. The van der Waals surface area contributed by atoms with Crippen LogP contribution >= 0.6 is 0 Å². The smallest absolute Gasteiger partial charge is 0.0645 e. The van der Waals surface area contributed by atoms with Gasteiger partial charge in [-0.15, -0.1) is 0 Å². The molecular weight excluding hydrogens is 180 g/mol. The zero-order chi connectivity index (χ0) is 10.2. The molecule has 14 heavy (non-hydrogen) atoms. The molecule has 2 rings (SSSR count). The Labute approximate surface area is 85.3 Å². The molecule has 2 aliphatic rings. The summed E-state index contributed by atoms with van der Waals surface area (Å²) in [6.07, 6.45) is 0. The van der Waals surface area contributed by atoms with E-state index in [4.69, 9.17) is 15.2 Å². The molecule has 0 saturated carbocycles. The Bertz CT molecular complexity index is 181. The lowest BCUT2D eigenvalue weighted by atomic mass is 10.0. The van der Waals surface area contributed by atoms with Crippen LogP contribution in [-0.4, -0.2) is 55.5 Å². The maximum Gasteiger partial charge on any atom is 0.0645 e. The molecule has 2 saturated heterocycles. The summed E-state index contributed by atoms with van der Waals surface area (Å²) in [6.45, 7) is 8.20. The molecule has 4 heteroatoms. The number of morpholine rings is 2.